The van der Waals surface area contributed by atoms with Crippen LogP contribution in [-0.4, -0.2) is 48.1 Å². The summed E-state index contributed by atoms with van der Waals surface area (Å²) in [6.07, 6.45) is 4.26. The number of piperidine rings is 1. The Morgan fingerprint density at radius 3 is 2.35 bits per heavy atom. The predicted molar refractivity (Wildman–Crippen MR) is 76.3 cm³/mol. The number of rotatable bonds is 4. The fraction of sp³-hybridized carbons (Fsp3) is 0.867. The number of carbonyl (C=O) groups excluding carboxylic acids is 1. The maximum atomic E-state index is 12.4. The number of carbonyl (C=O) groups is 2. The molecule has 1 aliphatic carbocycles. The van der Waals surface area contributed by atoms with Crippen LogP contribution in [0.2, 0.25) is 0 Å². The van der Waals surface area contributed by atoms with Crippen molar-refractivity contribution in [3.8, 4) is 0 Å². The van der Waals surface area contributed by atoms with Gasteiger partial charge in [0.15, 0.2) is 0 Å². The predicted octanol–water partition coefficient (Wildman–Crippen LogP) is 1.33. The molecular weight excluding hydrogens is 256 g/mol. The molecule has 114 valence electrons. The first-order valence-corrected chi connectivity index (χ1v) is 7.73. The molecule has 0 aromatic rings. The molecule has 0 bridgehead atoms. The van der Waals surface area contributed by atoms with E-state index in [0.717, 1.165) is 38.8 Å². The first kappa shape index (κ1) is 15.3. The highest BCUT2D eigenvalue weighted by atomic mass is 16.4. The van der Waals surface area contributed by atoms with Gasteiger partial charge in [0.05, 0.1) is 11.8 Å². The van der Waals surface area contributed by atoms with Crippen molar-refractivity contribution in [3.05, 3.63) is 0 Å². The van der Waals surface area contributed by atoms with E-state index in [1.807, 2.05) is 0 Å². The molecule has 5 heteroatoms. The number of nitrogens with one attached hydrogen (secondary N) is 1. The van der Waals surface area contributed by atoms with Crippen LogP contribution in [0.3, 0.4) is 0 Å². The Labute approximate surface area is 120 Å². The highest BCUT2D eigenvalue weighted by Crippen LogP contribution is 2.38. The van der Waals surface area contributed by atoms with Crippen LogP contribution in [0.15, 0.2) is 0 Å². The van der Waals surface area contributed by atoms with Gasteiger partial charge in [-0.15, -0.1) is 0 Å². The molecule has 1 saturated heterocycles. The van der Waals surface area contributed by atoms with Crippen LogP contribution in [0.25, 0.3) is 0 Å². The normalized spacial score (nSPS) is 32.2. The largest absolute Gasteiger partial charge is 0.481 e. The molecule has 2 rings (SSSR count). The van der Waals surface area contributed by atoms with Crippen LogP contribution in [0.5, 0.6) is 0 Å². The zero-order chi connectivity index (χ0) is 14.7. The van der Waals surface area contributed by atoms with Gasteiger partial charge < -0.3 is 15.3 Å². The number of aliphatic carboxylic acids is 1. The van der Waals surface area contributed by atoms with E-state index < -0.39 is 11.9 Å². The quantitative estimate of drug-likeness (QED) is 0.816. The van der Waals surface area contributed by atoms with Gasteiger partial charge in [-0.25, -0.2) is 0 Å². The lowest BCUT2D eigenvalue weighted by Gasteiger charge is -2.30. The molecule has 0 spiro atoms. The van der Waals surface area contributed by atoms with Crippen LogP contribution >= 0.6 is 0 Å². The molecule has 1 heterocycles. The molecule has 1 aliphatic heterocycles. The van der Waals surface area contributed by atoms with Crippen molar-refractivity contribution in [2.24, 2.45) is 17.8 Å². The Balaban J connectivity index is 1.91. The maximum absolute atomic E-state index is 12.4. The Morgan fingerprint density at radius 1 is 1.20 bits per heavy atom. The van der Waals surface area contributed by atoms with E-state index in [4.69, 9.17) is 0 Å². The van der Waals surface area contributed by atoms with Crippen LogP contribution in [-0.2, 0) is 9.59 Å². The second-order valence-electron chi connectivity index (χ2n) is 6.38. The van der Waals surface area contributed by atoms with Gasteiger partial charge >= 0.3 is 5.97 Å². The van der Waals surface area contributed by atoms with Gasteiger partial charge in [-0.05, 0) is 51.7 Å². The zero-order valence-electron chi connectivity index (χ0n) is 12.5. The third kappa shape index (κ3) is 3.51. The molecule has 1 saturated carbocycles. The van der Waals surface area contributed by atoms with E-state index in [1.165, 1.54) is 0 Å². The molecule has 5 nitrogen and oxygen atoms in total. The molecular formula is C15H26N2O3. The number of likely N-dealkylation sites (tertiary alicyclic amines) is 1. The van der Waals surface area contributed by atoms with Crippen molar-refractivity contribution in [2.45, 2.75) is 45.1 Å². The zero-order valence-corrected chi connectivity index (χ0v) is 12.5. The van der Waals surface area contributed by atoms with Gasteiger partial charge in [-0.1, -0.05) is 13.3 Å². The highest BCUT2D eigenvalue weighted by molar-refractivity contribution is 5.85. The lowest BCUT2D eigenvalue weighted by atomic mass is 9.94. The Hall–Kier alpha value is -1.10. The Kier molecular flexibility index (Phi) is 5.02. The Morgan fingerprint density at radius 2 is 1.80 bits per heavy atom. The van der Waals surface area contributed by atoms with E-state index in [9.17, 15) is 14.7 Å². The smallest absolute Gasteiger partial charge is 0.307 e. The molecule has 2 aliphatic rings. The number of carboxylic acids is 1. The molecule has 0 aromatic carbocycles. The van der Waals surface area contributed by atoms with E-state index in [1.54, 1.807) is 0 Å². The molecule has 2 fully saturated rings. The SMILES string of the molecule is CCC1CC(C(=O)O)C(C(=O)NC2CCN(C)CC2)C1. The van der Waals surface area contributed by atoms with Gasteiger partial charge in [0.1, 0.15) is 0 Å². The second kappa shape index (κ2) is 6.57. The molecule has 0 radical (unpaired) electrons. The van der Waals surface area contributed by atoms with Crippen molar-refractivity contribution < 1.29 is 14.7 Å². The summed E-state index contributed by atoms with van der Waals surface area (Å²) in [7, 11) is 2.08. The summed E-state index contributed by atoms with van der Waals surface area (Å²) in [5, 5.41) is 12.4. The fourth-order valence-corrected chi connectivity index (χ4v) is 3.50. The van der Waals surface area contributed by atoms with Gasteiger partial charge in [0, 0.05) is 6.04 Å². The first-order chi connectivity index (χ1) is 9.51. The van der Waals surface area contributed by atoms with Gasteiger partial charge in [-0.2, -0.15) is 0 Å². The summed E-state index contributed by atoms with van der Waals surface area (Å²) < 4.78 is 0. The fourth-order valence-electron chi connectivity index (χ4n) is 3.50. The topological polar surface area (TPSA) is 69.6 Å². The van der Waals surface area contributed by atoms with Crippen molar-refractivity contribution in [3.63, 3.8) is 0 Å². The molecule has 1 amide bonds. The third-order valence-corrected chi connectivity index (χ3v) is 4.96. The number of carboxylic acid groups (broad SMARTS) is 1. The van der Waals surface area contributed by atoms with Crippen molar-refractivity contribution in [2.75, 3.05) is 20.1 Å². The second-order valence-corrected chi connectivity index (χ2v) is 6.38. The minimum Gasteiger partial charge on any atom is -0.481 e. The van der Waals surface area contributed by atoms with E-state index >= 15 is 0 Å². The maximum Gasteiger partial charge on any atom is 0.307 e. The summed E-state index contributed by atoms with van der Waals surface area (Å²) in [5.74, 6) is -1.31. The van der Waals surface area contributed by atoms with E-state index in [2.05, 4.69) is 24.2 Å². The lowest BCUT2D eigenvalue weighted by molar-refractivity contribution is -0.146. The number of amides is 1. The van der Waals surface area contributed by atoms with Crippen LogP contribution in [0.1, 0.15) is 39.0 Å². The summed E-state index contributed by atoms with van der Waals surface area (Å²) >= 11 is 0. The number of hydrogen-bond acceptors (Lipinski definition) is 3. The van der Waals surface area contributed by atoms with Crippen LogP contribution < -0.4 is 5.32 Å². The average Bonchev–Trinajstić information content (AvgIpc) is 2.86. The summed E-state index contributed by atoms with van der Waals surface area (Å²) in [6.45, 7) is 4.06. The summed E-state index contributed by atoms with van der Waals surface area (Å²) in [4.78, 5) is 26.0. The van der Waals surface area contributed by atoms with Crippen LogP contribution in [0.4, 0.5) is 0 Å². The molecule has 3 atom stereocenters. The van der Waals surface area contributed by atoms with Crippen molar-refractivity contribution >= 4 is 11.9 Å². The number of hydrogen-bond donors (Lipinski definition) is 2. The molecule has 0 aromatic heterocycles. The summed E-state index contributed by atoms with van der Waals surface area (Å²) in [5.41, 5.74) is 0. The van der Waals surface area contributed by atoms with E-state index in [-0.39, 0.29) is 17.9 Å². The van der Waals surface area contributed by atoms with Crippen molar-refractivity contribution in [1.82, 2.24) is 10.2 Å². The highest BCUT2D eigenvalue weighted by Gasteiger charge is 2.42. The average molecular weight is 282 g/mol. The minimum absolute atomic E-state index is 0.0390. The van der Waals surface area contributed by atoms with Crippen LogP contribution in [0, 0.1) is 17.8 Å². The van der Waals surface area contributed by atoms with Gasteiger partial charge in [-0.3, -0.25) is 9.59 Å². The van der Waals surface area contributed by atoms with Gasteiger partial charge in [0.25, 0.3) is 0 Å². The first-order valence-electron chi connectivity index (χ1n) is 7.73. The minimum atomic E-state index is -0.815. The monoisotopic (exact) mass is 282 g/mol. The van der Waals surface area contributed by atoms with Gasteiger partial charge in [0.2, 0.25) is 5.91 Å². The third-order valence-electron chi connectivity index (χ3n) is 4.96. The molecule has 2 N–H and O–H groups in total. The molecule has 3 unspecified atom stereocenters. The number of nitrogens with zero attached hydrogens (tertiary/aromatic N) is 1. The van der Waals surface area contributed by atoms with E-state index in [0.29, 0.717) is 12.3 Å². The molecule has 20 heavy (non-hydrogen) atoms. The standard InChI is InChI=1S/C15H26N2O3/c1-3-10-8-12(13(9-10)15(19)20)14(18)16-11-4-6-17(2)7-5-11/h10-13H,3-9H2,1-2H3,(H,16,18)(H,19,20). The lowest BCUT2D eigenvalue weighted by Crippen LogP contribution is -2.46. The summed E-state index contributed by atoms with van der Waals surface area (Å²) in [6, 6.07) is 0.217. The van der Waals surface area contributed by atoms with Crippen molar-refractivity contribution in [1.29, 1.82) is 0 Å². The Bertz CT molecular complexity index is 364.